The van der Waals surface area contributed by atoms with Gasteiger partial charge in [-0.2, -0.15) is 0 Å². The minimum atomic E-state index is 0. The van der Waals surface area contributed by atoms with Gasteiger partial charge in [0.25, 0.3) is 0 Å². The molecular formula is C24H33Cl2N3O. The summed E-state index contributed by atoms with van der Waals surface area (Å²) in [7, 11) is 0. The van der Waals surface area contributed by atoms with Crippen molar-refractivity contribution >= 4 is 30.7 Å². The van der Waals surface area contributed by atoms with Gasteiger partial charge in [-0.15, -0.1) is 24.8 Å². The van der Waals surface area contributed by atoms with E-state index in [0.717, 1.165) is 18.5 Å². The molecule has 2 N–H and O–H groups in total. The van der Waals surface area contributed by atoms with E-state index in [2.05, 4.69) is 36.2 Å². The summed E-state index contributed by atoms with van der Waals surface area (Å²) in [4.78, 5) is 20.1. The monoisotopic (exact) mass is 449 g/mol. The molecule has 4 rings (SSSR count). The van der Waals surface area contributed by atoms with E-state index in [1.54, 1.807) is 6.20 Å². The predicted molar refractivity (Wildman–Crippen MR) is 126 cm³/mol. The maximum atomic E-state index is 13.6. The number of carbonyl (C=O) groups excluding carboxylic acids is 1. The molecular weight excluding hydrogens is 417 g/mol. The highest BCUT2D eigenvalue weighted by Crippen LogP contribution is 2.42. The first-order valence-corrected chi connectivity index (χ1v) is 10.6. The van der Waals surface area contributed by atoms with Crippen molar-refractivity contribution in [2.24, 2.45) is 23.5 Å². The Morgan fingerprint density at radius 1 is 1.07 bits per heavy atom. The van der Waals surface area contributed by atoms with E-state index >= 15 is 0 Å². The standard InChI is InChI=1S/C24H31N3O.2ClH/c1-17-6-4-7-18(12-17)15-27(16-22-10-2-3-11-26-22)24(28)21-13-19-8-5-9-20(14-21)23(19)25;;/h2-4,6-7,10-12,19-21,23H,5,8-9,13-16,25H2,1H3;2*1H. The van der Waals surface area contributed by atoms with Gasteiger partial charge in [-0.1, -0.05) is 42.3 Å². The molecule has 1 amide bonds. The summed E-state index contributed by atoms with van der Waals surface area (Å²) < 4.78 is 0. The molecule has 2 fully saturated rings. The molecule has 1 heterocycles. The van der Waals surface area contributed by atoms with E-state index < -0.39 is 0 Å². The topological polar surface area (TPSA) is 59.2 Å². The van der Waals surface area contributed by atoms with Crippen molar-refractivity contribution in [3.05, 3.63) is 65.5 Å². The number of rotatable bonds is 5. The lowest BCUT2D eigenvalue weighted by Crippen LogP contribution is -2.49. The molecule has 2 unspecified atom stereocenters. The number of aromatic nitrogens is 1. The summed E-state index contributed by atoms with van der Waals surface area (Å²) in [6.07, 6.45) is 7.32. The number of carbonyl (C=O) groups is 1. The van der Waals surface area contributed by atoms with Crippen LogP contribution in [0.5, 0.6) is 0 Å². The first-order chi connectivity index (χ1) is 13.6. The lowest BCUT2D eigenvalue weighted by atomic mass is 9.65. The molecule has 0 saturated heterocycles. The predicted octanol–water partition coefficient (Wildman–Crippen LogP) is 4.92. The van der Waals surface area contributed by atoms with Gasteiger partial charge in [-0.25, -0.2) is 0 Å². The molecule has 2 saturated carbocycles. The van der Waals surface area contributed by atoms with Gasteiger partial charge in [-0.3, -0.25) is 9.78 Å². The van der Waals surface area contributed by atoms with Crippen molar-refractivity contribution in [3.8, 4) is 0 Å². The Kier molecular flexibility index (Phi) is 9.14. The number of nitrogens with zero attached hydrogens (tertiary/aromatic N) is 2. The van der Waals surface area contributed by atoms with Crippen molar-refractivity contribution in [2.75, 3.05) is 0 Å². The number of hydrogen-bond acceptors (Lipinski definition) is 3. The van der Waals surface area contributed by atoms with Gasteiger partial charge in [0.15, 0.2) is 0 Å². The van der Waals surface area contributed by atoms with Gasteiger partial charge in [0.1, 0.15) is 0 Å². The molecule has 0 aliphatic heterocycles. The van der Waals surface area contributed by atoms with E-state index in [1.807, 2.05) is 23.1 Å². The van der Waals surface area contributed by atoms with Crippen molar-refractivity contribution in [1.29, 1.82) is 0 Å². The van der Waals surface area contributed by atoms with Gasteiger partial charge in [0.05, 0.1) is 12.2 Å². The number of halogens is 2. The number of fused-ring (bicyclic) bond motifs is 2. The molecule has 2 atom stereocenters. The number of aryl methyl sites for hydroxylation is 1. The highest BCUT2D eigenvalue weighted by molar-refractivity contribution is 5.85. The molecule has 6 heteroatoms. The Morgan fingerprint density at radius 2 is 1.80 bits per heavy atom. The van der Waals surface area contributed by atoms with E-state index in [4.69, 9.17) is 5.73 Å². The zero-order valence-electron chi connectivity index (χ0n) is 17.6. The summed E-state index contributed by atoms with van der Waals surface area (Å²) in [5.41, 5.74) is 9.79. The van der Waals surface area contributed by atoms with E-state index in [-0.39, 0.29) is 36.6 Å². The van der Waals surface area contributed by atoms with Crippen LogP contribution in [0.1, 0.15) is 48.9 Å². The van der Waals surface area contributed by atoms with Gasteiger partial charge in [0, 0.05) is 24.7 Å². The van der Waals surface area contributed by atoms with Crippen molar-refractivity contribution < 1.29 is 4.79 Å². The third kappa shape index (κ3) is 5.75. The van der Waals surface area contributed by atoms with Crippen molar-refractivity contribution in [3.63, 3.8) is 0 Å². The molecule has 2 aromatic rings. The van der Waals surface area contributed by atoms with Crippen LogP contribution in [-0.4, -0.2) is 21.8 Å². The second-order valence-electron chi connectivity index (χ2n) is 8.70. The van der Waals surface area contributed by atoms with Crippen LogP contribution >= 0.6 is 24.8 Å². The molecule has 0 radical (unpaired) electrons. The fraction of sp³-hybridized carbons (Fsp3) is 0.500. The quantitative estimate of drug-likeness (QED) is 0.704. The SMILES string of the molecule is Cc1cccc(CN(Cc2ccccn2)C(=O)C2CC3CCCC(C2)C3N)c1.Cl.Cl. The highest BCUT2D eigenvalue weighted by Gasteiger charge is 2.41. The van der Waals surface area contributed by atoms with Crippen LogP contribution in [0.25, 0.3) is 0 Å². The fourth-order valence-electron chi connectivity index (χ4n) is 5.18. The van der Waals surface area contributed by atoms with Crippen LogP contribution in [0, 0.1) is 24.7 Å². The normalized spacial score (nSPS) is 24.9. The smallest absolute Gasteiger partial charge is 0.226 e. The lowest BCUT2D eigenvalue weighted by molar-refractivity contribution is -0.140. The Morgan fingerprint density at radius 3 is 2.43 bits per heavy atom. The van der Waals surface area contributed by atoms with Crippen LogP contribution in [-0.2, 0) is 17.9 Å². The second-order valence-corrected chi connectivity index (χ2v) is 8.70. The van der Waals surface area contributed by atoms with Gasteiger partial charge >= 0.3 is 0 Å². The average Bonchev–Trinajstić information content (AvgIpc) is 2.68. The number of amides is 1. The molecule has 0 spiro atoms. The number of pyridine rings is 1. The highest BCUT2D eigenvalue weighted by atomic mass is 35.5. The maximum Gasteiger partial charge on any atom is 0.226 e. The van der Waals surface area contributed by atoms with Crippen LogP contribution in [0.15, 0.2) is 48.7 Å². The summed E-state index contributed by atoms with van der Waals surface area (Å²) in [5, 5.41) is 0. The summed E-state index contributed by atoms with van der Waals surface area (Å²) in [6.45, 7) is 3.29. The van der Waals surface area contributed by atoms with Gasteiger partial charge < -0.3 is 10.6 Å². The Balaban J connectivity index is 0.00000160. The Labute approximate surface area is 192 Å². The molecule has 2 aliphatic carbocycles. The fourth-order valence-corrected chi connectivity index (χ4v) is 5.18. The molecule has 1 aromatic heterocycles. The summed E-state index contributed by atoms with van der Waals surface area (Å²) >= 11 is 0. The van der Waals surface area contributed by atoms with E-state index in [9.17, 15) is 4.79 Å². The lowest BCUT2D eigenvalue weighted by Gasteiger charge is -2.44. The van der Waals surface area contributed by atoms with Crippen LogP contribution in [0.2, 0.25) is 0 Å². The Bertz CT molecular complexity index is 803. The maximum absolute atomic E-state index is 13.6. The summed E-state index contributed by atoms with van der Waals surface area (Å²) in [5.74, 6) is 1.40. The zero-order chi connectivity index (χ0) is 19.5. The Hall–Kier alpha value is -1.62. The number of hydrogen-bond donors (Lipinski definition) is 1. The van der Waals surface area contributed by atoms with Gasteiger partial charge in [0.2, 0.25) is 5.91 Å². The van der Waals surface area contributed by atoms with E-state index in [1.165, 1.54) is 30.4 Å². The van der Waals surface area contributed by atoms with Crippen molar-refractivity contribution in [2.45, 2.75) is 58.2 Å². The molecule has 164 valence electrons. The second kappa shape index (κ2) is 11.1. The number of benzene rings is 1. The molecule has 1 aromatic carbocycles. The molecule has 2 bridgehead atoms. The molecule has 2 aliphatic rings. The third-order valence-corrected chi connectivity index (χ3v) is 6.61. The first-order valence-electron chi connectivity index (χ1n) is 10.6. The van der Waals surface area contributed by atoms with E-state index in [0.29, 0.717) is 31.0 Å². The minimum absolute atomic E-state index is 0. The number of nitrogens with two attached hydrogens (primary N) is 1. The minimum Gasteiger partial charge on any atom is -0.332 e. The summed E-state index contributed by atoms with van der Waals surface area (Å²) in [6, 6.07) is 14.6. The van der Waals surface area contributed by atoms with Crippen molar-refractivity contribution in [1.82, 2.24) is 9.88 Å². The van der Waals surface area contributed by atoms with Crippen LogP contribution in [0.4, 0.5) is 0 Å². The van der Waals surface area contributed by atoms with Gasteiger partial charge in [-0.05, 0) is 62.1 Å². The van der Waals surface area contributed by atoms with Crippen LogP contribution in [0.3, 0.4) is 0 Å². The third-order valence-electron chi connectivity index (χ3n) is 6.61. The largest absolute Gasteiger partial charge is 0.332 e. The first kappa shape index (κ1) is 24.6. The molecule has 4 nitrogen and oxygen atoms in total. The average molecular weight is 450 g/mol. The molecule has 30 heavy (non-hydrogen) atoms. The van der Waals surface area contributed by atoms with Crippen LogP contribution < -0.4 is 5.73 Å². The zero-order valence-corrected chi connectivity index (χ0v) is 19.2.